The summed E-state index contributed by atoms with van der Waals surface area (Å²) in [4.78, 5) is 11.6. The number of nitrogens with one attached hydrogen (secondary N) is 2. The molecule has 1 aromatic rings. The molecule has 0 heterocycles. The van der Waals surface area contributed by atoms with Gasteiger partial charge in [-0.25, -0.2) is 0 Å². The lowest BCUT2D eigenvalue weighted by molar-refractivity contribution is -0.123. The molecule has 0 aliphatic heterocycles. The molecule has 0 fully saturated rings. The molecule has 4 nitrogen and oxygen atoms in total. The molecule has 1 rings (SSSR count). The van der Waals surface area contributed by atoms with Crippen LogP contribution < -0.4 is 15.4 Å². The van der Waals surface area contributed by atoms with Crippen LogP contribution in [0.25, 0.3) is 0 Å². The first-order chi connectivity index (χ1) is 10.1. The Bertz CT molecular complexity index is 435. The van der Waals surface area contributed by atoms with Crippen LogP contribution in [-0.2, 0) is 11.3 Å². The lowest BCUT2D eigenvalue weighted by Gasteiger charge is -2.14. The number of rotatable bonds is 9. The molecule has 0 unspecified atom stereocenters. The minimum absolute atomic E-state index is 0.0654. The highest BCUT2D eigenvalue weighted by molar-refractivity contribution is 5.77. The van der Waals surface area contributed by atoms with Crippen molar-refractivity contribution in [3.05, 3.63) is 28.8 Å². The lowest BCUT2D eigenvalue weighted by atomic mass is 10.1. The van der Waals surface area contributed by atoms with E-state index in [9.17, 15) is 4.79 Å². The van der Waals surface area contributed by atoms with Gasteiger partial charge in [-0.1, -0.05) is 26.0 Å². The Labute approximate surface area is 128 Å². The van der Waals surface area contributed by atoms with Gasteiger partial charge in [0.2, 0.25) is 0 Å². The first-order valence-corrected chi connectivity index (χ1v) is 7.78. The number of carbonyl (C=O) groups excluding carboxylic acids is 1. The number of amides is 1. The number of aryl methyl sites for hydroxylation is 2. The number of ether oxygens (including phenoxy) is 1. The number of carbonyl (C=O) groups is 1. The van der Waals surface area contributed by atoms with Crippen LogP contribution in [0.3, 0.4) is 0 Å². The molecule has 21 heavy (non-hydrogen) atoms. The van der Waals surface area contributed by atoms with E-state index in [0.717, 1.165) is 42.8 Å². The van der Waals surface area contributed by atoms with Gasteiger partial charge in [-0.05, 0) is 49.9 Å². The van der Waals surface area contributed by atoms with Crippen LogP contribution in [0.5, 0.6) is 5.75 Å². The molecule has 4 heteroatoms. The molecule has 0 saturated heterocycles. The van der Waals surface area contributed by atoms with E-state index in [1.165, 1.54) is 5.56 Å². The van der Waals surface area contributed by atoms with Crippen molar-refractivity contribution < 1.29 is 9.53 Å². The molecule has 0 saturated carbocycles. The smallest absolute Gasteiger partial charge is 0.257 e. The number of hydrogen-bond acceptors (Lipinski definition) is 3. The SMILES string of the molecule is CCCNCc1cc(C)c(OCC(=O)NCCC)c(C)c1. The predicted molar refractivity (Wildman–Crippen MR) is 86.7 cm³/mol. The largest absolute Gasteiger partial charge is 0.483 e. The Balaban J connectivity index is 2.60. The maximum atomic E-state index is 11.6. The highest BCUT2D eigenvalue weighted by Gasteiger charge is 2.09. The fourth-order valence-electron chi connectivity index (χ4n) is 2.23. The molecule has 0 spiro atoms. The monoisotopic (exact) mass is 292 g/mol. The van der Waals surface area contributed by atoms with Crippen molar-refractivity contribution in [2.45, 2.75) is 47.1 Å². The fraction of sp³-hybridized carbons (Fsp3) is 0.588. The Kier molecular flexibility index (Phi) is 7.83. The third-order valence-corrected chi connectivity index (χ3v) is 3.20. The van der Waals surface area contributed by atoms with Crippen molar-refractivity contribution in [1.29, 1.82) is 0 Å². The molecule has 1 aromatic carbocycles. The zero-order valence-electron chi connectivity index (χ0n) is 13.7. The standard InChI is InChI=1S/C17H28N2O2/c1-5-7-18-11-15-9-13(3)17(14(4)10-15)21-12-16(20)19-8-6-2/h9-10,18H,5-8,11-12H2,1-4H3,(H,19,20). The van der Waals surface area contributed by atoms with Crippen molar-refractivity contribution in [3.63, 3.8) is 0 Å². The normalized spacial score (nSPS) is 10.5. The van der Waals surface area contributed by atoms with E-state index in [0.29, 0.717) is 6.54 Å². The van der Waals surface area contributed by atoms with Gasteiger partial charge in [-0.15, -0.1) is 0 Å². The molecule has 0 aliphatic carbocycles. The van der Waals surface area contributed by atoms with Gasteiger partial charge in [0.05, 0.1) is 0 Å². The predicted octanol–water partition coefficient (Wildman–Crippen LogP) is 2.71. The molecular weight excluding hydrogens is 264 g/mol. The number of hydrogen-bond donors (Lipinski definition) is 2. The van der Waals surface area contributed by atoms with Gasteiger partial charge in [0.1, 0.15) is 5.75 Å². The summed E-state index contributed by atoms with van der Waals surface area (Å²) in [5.41, 5.74) is 3.40. The van der Waals surface area contributed by atoms with E-state index in [1.807, 2.05) is 20.8 Å². The van der Waals surface area contributed by atoms with Gasteiger partial charge in [0.15, 0.2) is 6.61 Å². The van der Waals surface area contributed by atoms with Crippen LogP contribution in [0.1, 0.15) is 43.4 Å². The third-order valence-electron chi connectivity index (χ3n) is 3.20. The zero-order valence-corrected chi connectivity index (χ0v) is 13.7. The molecular formula is C17H28N2O2. The summed E-state index contributed by atoms with van der Waals surface area (Å²) in [5.74, 6) is 0.755. The molecule has 0 bridgehead atoms. The second kappa shape index (κ2) is 9.40. The molecule has 0 radical (unpaired) electrons. The third kappa shape index (κ3) is 6.17. The summed E-state index contributed by atoms with van der Waals surface area (Å²) in [6.45, 7) is 10.9. The van der Waals surface area contributed by atoms with Gasteiger partial charge >= 0.3 is 0 Å². The number of benzene rings is 1. The van der Waals surface area contributed by atoms with Crippen molar-refractivity contribution in [2.75, 3.05) is 19.7 Å². The minimum Gasteiger partial charge on any atom is -0.483 e. The molecule has 0 atom stereocenters. The average Bonchev–Trinajstić information content (AvgIpc) is 2.44. The molecule has 1 amide bonds. The first kappa shape index (κ1) is 17.5. The van der Waals surface area contributed by atoms with E-state index < -0.39 is 0 Å². The van der Waals surface area contributed by atoms with Crippen LogP contribution in [0.4, 0.5) is 0 Å². The second-order valence-corrected chi connectivity index (χ2v) is 5.37. The zero-order chi connectivity index (χ0) is 15.7. The molecule has 2 N–H and O–H groups in total. The summed E-state index contributed by atoms with van der Waals surface area (Å²) < 4.78 is 5.67. The maximum absolute atomic E-state index is 11.6. The fourth-order valence-corrected chi connectivity index (χ4v) is 2.23. The van der Waals surface area contributed by atoms with Crippen LogP contribution in [0.15, 0.2) is 12.1 Å². The molecule has 118 valence electrons. The van der Waals surface area contributed by atoms with Crippen molar-refractivity contribution >= 4 is 5.91 Å². The van der Waals surface area contributed by atoms with E-state index in [-0.39, 0.29) is 12.5 Å². The second-order valence-electron chi connectivity index (χ2n) is 5.37. The van der Waals surface area contributed by atoms with E-state index >= 15 is 0 Å². The van der Waals surface area contributed by atoms with Gasteiger partial charge in [-0.3, -0.25) is 4.79 Å². The van der Waals surface area contributed by atoms with Crippen molar-refractivity contribution in [3.8, 4) is 5.75 Å². The van der Waals surface area contributed by atoms with Crippen molar-refractivity contribution in [1.82, 2.24) is 10.6 Å². The minimum atomic E-state index is -0.0654. The first-order valence-electron chi connectivity index (χ1n) is 7.78. The van der Waals surface area contributed by atoms with Crippen LogP contribution >= 0.6 is 0 Å². The van der Waals surface area contributed by atoms with Gasteiger partial charge in [-0.2, -0.15) is 0 Å². The van der Waals surface area contributed by atoms with Gasteiger partial charge in [0.25, 0.3) is 5.91 Å². The Morgan fingerprint density at radius 2 is 1.71 bits per heavy atom. The van der Waals surface area contributed by atoms with Gasteiger partial charge in [0, 0.05) is 13.1 Å². The highest BCUT2D eigenvalue weighted by Crippen LogP contribution is 2.24. The molecule has 0 aromatic heterocycles. The van der Waals surface area contributed by atoms with E-state index in [4.69, 9.17) is 4.74 Å². The van der Waals surface area contributed by atoms with Crippen molar-refractivity contribution in [2.24, 2.45) is 0 Å². The maximum Gasteiger partial charge on any atom is 0.257 e. The quantitative estimate of drug-likeness (QED) is 0.688. The Hall–Kier alpha value is -1.55. The molecule has 0 aliphatic rings. The highest BCUT2D eigenvalue weighted by atomic mass is 16.5. The van der Waals surface area contributed by atoms with Crippen LogP contribution in [0, 0.1) is 13.8 Å². The summed E-state index contributed by atoms with van der Waals surface area (Å²) >= 11 is 0. The summed E-state index contributed by atoms with van der Waals surface area (Å²) in [6, 6.07) is 4.24. The summed E-state index contributed by atoms with van der Waals surface area (Å²) in [6.07, 6.45) is 2.06. The summed E-state index contributed by atoms with van der Waals surface area (Å²) in [5, 5.41) is 6.21. The Morgan fingerprint density at radius 1 is 1.10 bits per heavy atom. The van der Waals surface area contributed by atoms with Crippen LogP contribution in [0.2, 0.25) is 0 Å². The average molecular weight is 292 g/mol. The van der Waals surface area contributed by atoms with Crippen LogP contribution in [-0.4, -0.2) is 25.6 Å². The van der Waals surface area contributed by atoms with E-state index in [2.05, 4.69) is 29.7 Å². The Morgan fingerprint density at radius 3 is 2.29 bits per heavy atom. The van der Waals surface area contributed by atoms with E-state index in [1.54, 1.807) is 0 Å². The topological polar surface area (TPSA) is 50.4 Å². The lowest BCUT2D eigenvalue weighted by Crippen LogP contribution is -2.29. The van der Waals surface area contributed by atoms with Gasteiger partial charge < -0.3 is 15.4 Å². The summed E-state index contributed by atoms with van der Waals surface area (Å²) in [7, 11) is 0.